The van der Waals surface area contributed by atoms with Gasteiger partial charge in [-0.3, -0.25) is 0 Å². The summed E-state index contributed by atoms with van der Waals surface area (Å²) in [5, 5.41) is 3.60. The Balaban J connectivity index is 1.40. The van der Waals surface area contributed by atoms with Crippen LogP contribution in [0.3, 0.4) is 0 Å². The second-order valence-corrected chi connectivity index (χ2v) is 6.69. The molecule has 1 fully saturated rings. The van der Waals surface area contributed by atoms with E-state index in [4.69, 9.17) is 4.74 Å². The molecule has 2 aliphatic rings. The van der Waals surface area contributed by atoms with Gasteiger partial charge in [-0.25, -0.2) is 0 Å². The Morgan fingerprint density at radius 1 is 1.10 bits per heavy atom. The van der Waals surface area contributed by atoms with Gasteiger partial charge in [-0.15, -0.1) is 0 Å². The topological polar surface area (TPSA) is 21.3 Å². The molecule has 0 radical (unpaired) electrons. The number of benzene rings is 1. The number of aryl methyl sites for hydroxylation is 2. The summed E-state index contributed by atoms with van der Waals surface area (Å²) in [6.45, 7) is 4.06. The fourth-order valence-electron chi connectivity index (χ4n) is 3.71. The second kappa shape index (κ2) is 7.42. The van der Waals surface area contributed by atoms with E-state index in [-0.39, 0.29) is 0 Å². The molecule has 0 spiro atoms. The number of rotatable bonds is 6. The number of hydrogen-bond donors (Lipinski definition) is 1. The number of nitrogens with one attached hydrogen (secondary N) is 1. The minimum Gasteiger partial charge on any atom is -0.377 e. The Bertz CT molecular complexity index is 451. The van der Waals surface area contributed by atoms with Gasteiger partial charge in [-0.2, -0.15) is 0 Å². The summed E-state index contributed by atoms with van der Waals surface area (Å²) in [5.41, 5.74) is 4.56. The van der Waals surface area contributed by atoms with Gasteiger partial charge in [0.25, 0.3) is 0 Å². The molecule has 0 aromatic heterocycles. The van der Waals surface area contributed by atoms with Crippen molar-refractivity contribution in [1.82, 2.24) is 5.32 Å². The summed E-state index contributed by atoms with van der Waals surface area (Å²) in [4.78, 5) is 0. The molecule has 1 aromatic carbocycles. The van der Waals surface area contributed by atoms with Gasteiger partial charge in [-0.1, -0.05) is 37.5 Å². The Morgan fingerprint density at radius 2 is 1.90 bits per heavy atom. The molecule has 0 aliphatic heterocycles. The highest BCUT2D eigenvalue weighted by Crippen LogP contribution is 2.25. The smallest absolute Gasteiger partial charge is 0.0594 e. The zero-order valence-electron chi connectivity index (χ0n) is 13.4. The van der Waals surface area contributed by atoms with Crippen molar-refractivity contribution >= 4 is 0 Å². The van der Waals surface area contributed by atoms with Gasteiger partial charge in [0, 0.05) is 12.6 Å². The van der Waals surface area contributed by atoms with Crippen molar-refractivity contribution < 1.29 is 4.74 Å². The molecule has 116 valence electrons. The molecule has 0 amide bonds. The van der Waals surface area contributed by atoms with Crippen molar-refractivity contribution in [3.63, 3.8) is 0 Å². The maximum atomic E-state index is 5.98. The van der Waals surface area contributed by atoms with E-state index in [1.165, 1.54) is 56.9 Å². The molecule has 0 saturated heterocycles. The van der Waals surface area contributed by atoms with Crippen LogP contribution in [0, 0.1) is 0 Å². The van der Waals surface area contributed by atoms with E-state index in [2.05, 4.69) is 30.4 Å². The van der Waals surface area contributed by atoms with E-state index in [1.54, 1.807) is 11.1 Å². The summed E-state index contributed by atoms with van der Waals surface area (Å²) in [5.74, 6) is 0. The van der Waals surface area contributed by atoms with Crippen LogP contribution < -0.4 is 5.32 Å². The number of hydrogen-bond acceptors (Lipinski definition) is 2. The van der Waals surface area contributed by atoms with Crippen LogP contribution in [0.15, 0.2) is 18.2 Å². The molecule has 1 atom stereocenters. The average molecular weight is 287 g/mol. The lowest BCUT2D eigenvalue weighted by Gasteiger charge is -2.22. The van der Waals surface area contributed by atoms with Crippen LogP contribution in [0.1, 0.15) is 68.2 Å². The van der Waals surface area contributed by atoms with Crippen LogP contribution in [-0.4, -0.2) is 19.3 Å². The largest absolute Gasteiger partial charge is 0.377 e. The van der Waals surface area contributed by atoms with Gasteiger partial charge in [0.05, 0.1) is 12.7 Å². The molecular formula is C19H29NO. The summed E-state index contributed by atoms with van der Waals surface area (Å²) in [7, 11) is 0. The molecule has 2 heteroatoms. The van der Waals surface area contributed by atoms with Crippen molar-refractivity contribution in [3.8, 4) is 0 Å². The van der Waals surface area contributed by atoms with Gasteiger partial charge in [0.2, 0.25) is 0 Å². The molecule has 2 aliphatic carbocycles. The van der Waals surface area contributed by atoms with E-state index in [0.29, 0.717) is 12.1 Å². The lowest BCUT2D eigenvalue weighted by atomic mass is 9.98. The molecule has 1 unspecified atom stereocenters. The highest BCUT2D eigenvalue weighted by Gasteiger charge is 2.15. The summed E-state index contributed by atoms with van der Waals surface area (Å²) >= 11 is 0. The normalized spacial score (nSPS) is 20.4. The zero-order chi connectivity index (χ0) is 14.5. The monoisotopic (exact) mass is 287 g/mol. The molecule has 1 aromatic rings. The third kappa shape index (κ3) is 4.08. The van der Waals surface area contributed by atoms with Crippen molar-refractivity contribution in [1.29, 1.82) is 0 Å². The third-order valence-electron chi connectivity index (χ3n) is 5.08. The predicted octanol–water partition coefficient (Wildman–Crippen LogP) is 4.18. The van der Waals surface area contributed by atoms with Crippen LogP contribution in [0.4, 0.5) is 0 Å². The zero-order valence-corrected chi connectivity index (χ0v) is 13.4. The molecule has 1 saturated carbocycles. The maximum absolute atomic E-state index is 5.98. The first-order chi connectivity index (χ1) is 10.3. The van der Waals surface area contributed by atoms with Crippen LogP contribution >= 0.6 is 0 Å². The maximum Gasteiger partial charge on any atom is 0.0594 e. The van der Waals surface area contributed by atoms with E-state index < -0.39 is 0 Å². The van der Waals surface area contributed by atoms with Gasteiger partial charge in [-0.05, 0) is 55.7 Å². The fraction of sp³-hybridized carbons (Fsp3) is 0.684. The van der Waals surface area contributed by atoms with Crippen LogP contribution in [0.2, 0.25) is 0 Å². The summed E-state index contributed by atoms with van der Waals surface area (Å²) in [6.07, 6.45) is 11.0. The summed E-state index contributed by atoms with van der Waals surface area (Å²) in [6, 6.07) is 7.45. The average Bonchev–Trinajstić information content (AvgIpc) is 3.00. The van der Waals surface area contributed by atoms with Gasteiger partial charge >= 0.3 is 0 Å². The Kier molecular flexibility index (Phi) is 5.32. The highest BCUT2D eigenvalue weighted by molar-refractivity contribution is 5.36. The Hall–Kier alpha value is -0.860. The van der Waals surface area contributed by atoms with Crippen molar-refractivity contribution in [2.75, 3.05) is 13.2 Å². The lowest BCUT2D eigenvalue weighted by Crippen LogP contribution is -2.26. The van der Waals surface area contributed by atoms with Gasteiger partial charge in [0.15, 0.2) is 0 Å². The first kappa shape index (κ1) is 15.1. The number of ether oxygens (including phenoxy) is 1. The Labute approximate surface area is 129 Å². The standard InChI is InChI=1S/C19H29NO/c1-15(17-11-10-16-6-5-7-18(16)14-17)20-12-13-21-19-8-3-2-4-9-19/h10-11,14-15,19-20H,2-9,12-13H2,1H3. The molecule has 0 bridgehead atoms. The quantitative estimate of drug-likeness (QED) is 0.793. The van der Waals surface area contributed by atoms with Crippen molar-refractivity contribution in [2.24, 2.45) is 0 Å². The van der Waals surface area contributed by atoms with Crippen LogP contribution in [0.25, 0.3) is 0 Å². The molecule has 21 heavy (non-hydrogen) atoms. The van der Waals surface area contributed by atoms with Crippen LogP contribution in [-0.2, 0) is 17.6 Å². The van der Waals surface area contributed by atoms with Crippen molar-refractivity contribution in [3.05, 3.63) is 34.9 Å². The van der Waals surface area contributed by atoms with Gasteiger partial charge < -0.3 is 10.1 Å². The van der Waals surface area contributed by atoms with E-state index >= 15 is 0 Å². The molecule has 1 N–H and O–H groups in total. The minimum atomic E-state index is 0.422. The highest BCUT2D eigenvalue weighted by atomic mass is 16.5. The number of fused-ring (bicyclic) bond motifs is 1. The van der Waals surface area contributed by atoms with E-state index in [9.17, 15) is 0 Å². The van der Waals surface area contributed by atoms with E-state index in [0.717, 1.165) is 13.2 Å². The lowest BCUT2D eigenvalue weighted by molar-refractivity contribution is 0.0295. The Morgan fingerprint density at radius 3 is 2.76 bits per heavy atom. The third-order valence-corrected chi connectivity index (χ3v) is 5.08. The van der Waals surface area contributed by atoms with Gasteiger partial charge in [0.1, 0.15) is 0 Å². The molecule has 2 nitrogen and oxygen atoms in total. The molecule has 0 heterocycles. The van der Waals surface area contributed by atoms with E-state index in [1.807, 2.05) is 0 Å². The summed E-state index contributed by atoms with van der Waals surface area (Å²) < 4.78 is 5.98. The minimum absolute atomic E-state index is 0.422. The molecule has 3 rings (SSSR count). The SMILES string of the molecule is CC(NCCOC1CCCCC1)c1ccc2c(c1)CCC2. The molecular weight excluding hydrogens is 258 g/mol. The first-order valence-corrected chi connectivity index (χ1v) is 8.79. The first-order valence-electron chi connectivity index (χ1n) is 8.79. The fourth-order valence-corrected chi connectivity index (χ4v) is 3.71. The van der Waals surface area contributed by atoms with Crippen LogP contribution in [0.5, 0.6) is 0 Å². The van der Waals surface area contributed by atoms with Crippen molar-refractivity contribution in [2.45, 2.75) is 70.4 Å². The second-order valence-electron chi connectivity index (χ2n) is 6.69. The predicted molar refractivity (Wildman–Crippen MR) is 87.7 cm³/mol.